The minimum Gasteiger partial charge on any atom is -0.313 e. The fraction of sp³-hybridized carbons (Fsp3) is 0.500. The summed E-state index contributed by atoms with van der Waals surface area (Å²) >= 11 is 0. The van der Waals surface area contributed by atoms with E-state index in [4.69, 9.17) is 0 Å². The molecule has 7 heteroatoms. The van der Waals surface area contributed by atoms with Gasteiger partial charge in [-0.3, -0.25) is 0 Å². The molecule has 2 rings (SSSR count). The Hall–Kier alpha value is -1.24. The first-order valence-corrected chi connectivity index (χ1v) is 5.71. The lowest BCUT2D eigenvalue weighted by molar-refractivity contribution is -0.162. The van der Waals surface area contributed by atoms with Gasteiger partial charge in [0.2, 0.25) is 0 Å². The third-order valence-corrected chi connectivity index (χ3v) is 3.10. The standard InChI is InChI=1S/C12H11F6N/c13-11(14,15)9-4-3-7-2-1-5-19-6-8(7)10(9)12(16,17)18/h3-4,19H,1-2,5-6H2. The highest BCUT2D eigenvalue weighted by molar-refractivity contribution is 5.45. The molecule has 0 aliphatic carbocycles. The quantitative estimate of drug-likeness (QED) is 0.715. The number of benzene rings is 1. The van der Waals surface area contributed by atoms with Crippen molar-refractivity contribution in [1.29, 1.82) is 0 Å². The van der Waals surface area contributed by atoms with Crippen LogP contribution in [0.25, 0.3) is 0 Å². The normalized spacial score (nSPS) is 16.9. The first-order valence-electron chi connectivity index (χ1n) is 5.71. The van der Waals surface area contributed by atoms with Crippen LogP contribution in [0.2, 0.25) is 0 Å². The predicted molar refractivity (Wildman–Crippen MR) is 56.5 cm³/mol. The molecule has 0 spiro atoms. The van der Waals surface area contributed by atoms with E-state index in [-0.39, 0.29) is 12.1 Å². The van der Waals surface area contributed by atoms with E-state index in [1.54, 1.807) is 0 Å². The SMILES string of the molecule is FC(F)(F)c1ccc2c(c1C(F)(F)F)CNCCC2. The maximum atomic E-state index is 13.0. The summed E-state index contributed by atoms with van der Waals surface area (Å²) in [6.45, 7) is 0.307. The first-order chi connectivity index (χ1) is 8.71. The molecule has 1 aliphatic heterocycles. The fourth-order valence-corrected chi connectivity index (χ4v) is 2.30. The van der Waals surface area contributed by atoms with Crippen LogP contribution < -0.4 is 5.32 Å². The van der Waals surface area contributed by atoms with Crippen molar-refractivity contribution in [3.8, 4) is 0 Å². The molecule has 1 nitrogen and oxygen atoms in total. The molecule has 1 aromatic carbocycles. The van der Waals surface area contributed by atoms with Crippen LogP contribution in [0.4, 0.5) is 26.3 Å². The number of hydrogen-bond acceptors (Lipinski definition) is 1. The maximum Gasteiger partial charge on any atom is 0.417 e. The van der Waals surface area contributed by atoms with E-state index < -0.39 is 23.5 Å². The van der Waals surface area contributed by atoms with Crippen LogP contribution >= 0.6 is 0 Å². The topological polar surface area (TPSA) is 12.0 Å². The lowest BCUT2D eigenvalue weighted by Crippen LogP contribution is -2.22. The van der Waals surface area contributed by atoms with Gasteiger partial charge in [-0.25, -0.2) is 0 Å². The van der Waals surface area contributed by atoms with Crippen LogP contribution in [0.15, 0.2) is 12.1 Å². The Kier molecular flexibility index (Phi) is 3.51. The third kappa shape index (κ3) is 2.86. The van der Waals surface area contributed by atoms with Gasteiger partial charge >= 0.3 is 12.4 Å². The highest BCUT2D eigenvalue weighted by Gasteiger charge is 2.45. The lowest BCUT2D eigenvalue weighted by Gasteiger charge is -2.21. The zero-order valence-corrected chi connectivity index (χ0v) is 9.75. The maximum absolute atomic E-state index is 13.0. The van der Waals surface area contributed by atoms with Crippen LogP contribution in [0.3, 0.4) is 0 Å². The van der Waals surface area contributed by atoms with Crippen LogP contribution in [0.1, 0.15) is 28.7 Å². The first kappa shape index (κ1) is 14.2. The summed E-state index contributed by atoms with van der Waals surface area (Å²) in [4.78, 5) is 0. The van der Waals surface area contributed by atoms with Crippen molar-refractivity contribution in [2.45, 2.75) is 31.7 Å². The van der Waals surface area contributed by atoms with E-state index in [9.17, 15) is 26.3 Å². The smallest absolute Gasteiger partial charge is 0.313 e. The molecule has 0 fully saturated rings. The summed E-state index contributed by atoms with van der Waals surface area (Å²) in [6.07, 6.45) is -9.06. The predicted octanol–water partition coefficient (Wildman–Crippen LogP) is 3.76. The van der Waals surface area contributed by atoms with Crippen molar-refractivity contribution in [3.05, 3.63) is 34.4 Å². The molecule has 0 amide bonds. The Morgan fingerprint density at radius 1 is 0.947 bits per heavy atom. The highest BCUT2D eigenvalue weighted by Crippen LogP contribution is 2.43. The molecule has 1 aromatic rings. The molecule has 0 aromatic heterocycles. The average molecular weight is 283 g/mol. The van der Waals surface area contributed by atoms with Gasteiger partial charge in [-0.1, -0.05) is 6.07 Å². The molecule has 0 bridgehead atoms. The van der Waals surface area contributed by atoms with Gasteiger partial charge in [0.05, 0.1) is 11.1 Å². The molecule has 0 unspecified atom stereocenters. The van der Waals surface area contributed by atoms with E-state index in [0.29, 0.717) is 31.0 Å². The van der Waals surface area contributed by atoms with Gasteiger partial charge in [0.1, 0.15) is 0 Å². The summed E-state index contributed by atoms with van der Waals surface area (Å²) in [5.74, 6) is 0. The summed E-state index contributed by atoms with van der Waals surface area (Å²) in [6, 6.07) is 1.69. The van der Waals surface area contributed by atoms with Gasteiger partial charge in [0.25, 0.3) is 0 Å². The molecule has 1 N–H and O–H groups in total. The van der Waals surface area contributed by atoms with Gasteiger partial charge in [-0.2, -0.15) is 26.3 Å². The Balaban J connectivity index is 2.68. The van der Waals surface area contributed by atoms with Gasteiger partial charge in [-0.15, -0.1) is 0 Å². The van der Waals surface area contributed by atoms with Crippen molar-refractivity contribution in [2.75, 3.05) is 6.54 Å². The Labute approximate surface area is 105 Å². The van der Waals surface area contributed by atoms with Gasteiger partial charge in [-0.05, 0) is 36.6 Å². The van der Waals surface area contributed by atoms with E-state index in [1.807, 2.05) is 0 Å². The second kappa shape index (κ2) is 4.70. The Morgan fingerprint density at radius 3 is 2.21 bits per heavy atom. The van der Waals surface area contributed by atoms with Crippen molar-refractivity contribution < 1.29 is 26.3 Å². The number of aryl methyl sites for hydroxylation is 1. The molecule has 19 heavy (non-hydrogen) atoms. The molecular weight excluding hydrogens is 272 g/mol. The van der Waals surface area contributed by atoms with Crippen LogP contribution in [-0.4, -0.2) is 6.54 Å². The second-order valence-electron chi connectivity index (χ2n) is 4.40. The molecule has 0 atom stereocenters. The van der Waals surface area contributed by atoms with E-state index in [1.165, 1.54) is 0 Å². The molecule has 106 valence electrons. The highest BCUT2D eigenvalue weighted by atomic mass is 19.4. The van der Waals surface area contributed by atoms with Crippen molar-refractivity contribution >= 4 is 0 Å². The summed E-state index contributed by atoms with van der Waals surface area (Å²) < 4.78 is 77.1. The van der Waals surface area contributed by atoms with Crippen LogP contribution in [-0.2, 0) is 25.3 Å². The van der Waals surface area contributed by atoms with Gasteiger partial charge in [0.15, 0.2) is 0 Å². The molecule has 0 saturated carbocycles. The number of fused-ring (bicyclic) bond motifs is 1. The van der Waals surface area contributed by atoms with Gasteiger partial charge < -0.3 is 5.32 Å². The summed E-state index contributed by atoms with van der Waals surface area (Å²) in [7, 11) is 0. The molecule has 1 aliphatic rings. The number of halogens is 6. The largest absolute Gasteiger partial charge is 0.417 e. The molecule has 0 saturated heterocycles. The minimum absolute atomic E-state index is 0.186. The van der Waals surface area contributed by atoms with Crippen LogP contribution in [0, 0.1) is 0 Å². The monoisotopic (exact) mass is 283 g/mol. The molecular formula is C12H11F6N. The number of alkyl halides is 6. The zero-order chi connectivity index (χ0) is 14.3. The third-order valence-electron chi connectivity index (χ3n) is 3.10. The zero-order valence-electron chi connectivity index (χ0n) is 9.75. The summed E-state index contributed by atoms with van der Waals surface area (Å²) in [5, 5.41) is 2.73. The fourth-order valence-electron chi connectivity index (χ4n) is 2.30. The second-order valence-corrected chi connectivity index (χ2v) is 4.40. The molecule has 1 heterocycles. The number of rotatable bonds is 0. The van der Waals surface area contributed by atoms with Crippen molar-refractivity contribution in [3.63, 3.8) is 0 Å². The van der Waals surface area contributed by atoms with E-state index in [0.717, 1.165) is 6.07 Å². The van der Waals surface area contributed by atoms with E-state index >= 15 is 0 Å². The lowest BCUT2D eigenvalue weighted by atomic mass is 9.93. The van der Waals surface area contributed by atoms with Gasteiger partial charge in [0, 0.05) is 6.54 Å². The molecule has 0 radical (unpaired) electrons. The summed E-state index contributed by atoms with van der Waals surface area (Å²) in [5.41, 5.74) is -3.10. The van der Waals surface area contributed by atoms with E-state index in [2.05, 4.69) is 5.32 Å². The van der Waals surface area contributed by atoms with Crippen molar-refractivity contribution in [1.82, 2.24) is 5.32 Å². The van der Waals surface area contributed by atoms with Crippen molar-refractivity contribution in [2.24, 2.45) is 0 Å². The number of hydrogen-bond donors (Lipinski definition) is 1. The number of nitrogens with one attached hydrogen (secondary N) is 1. The van der Waals surface area contributed by atoms with Crippen LogP contribution in [0.5, 0.6) is 0 Å². The Bertz CT molecular complexity index is 474. The average Bonchev–Trinajstić information content (AvgIpc) is 2.49. The Morgan fingerprint density at radius 2 is 1.63 bits per heavy atom. The minimum atomic E-state index is -5.01.